The molecule has 3 aromatic rings. The highest BCUT2D eigenvalue weighted by Gasteiger charge is 2.53. The van der Waals surface area contributed by atoms with Crippen molar-refractivity contribution in [2.75, 3.05) is 50.0 Å². The molecule has 0 amide bonds. The van der Waals surface area contributed by atoms with E-state index in [4.69, 9.17) is 33.4 Å². The lowest BCUT2D eigenvalue weighted by Gasteiger charge is -2.26. The third kappa shape index (κ3) is 6.26. The van der Waals surface area contributed by atoms with Crippen molar-refractivity contribution in [2.24, 2.45) is 0 Å². The Morgan fingerprint density at radius 1 is 1.07 bits per heavy atom. The molecular weight excluding hydrogens is 562 g/mol. The minimum atomic E-state index is -1.05. The number of ether oxygens (including phenoxy) is 4. The predicted molar refractivity (Wildman–Crippen MR) is 150 cm³/mol. The first kappa shape index (κ1) is 29.2. The molecular formula is C27H37N9O7. The molecule has 0 spiro atoms. The number of rotatable bonds is 15. The van der Waals surface area contributed by atoms with Gasteiger partial charge in [0.05, 0.1) is 19.5 Å². The smallest absolute Gasteiger partial charge is 0.293 e. The summed E-state index contributed by atoms with van der Waals surface area (Å²) < 4.78 is 29.8. The molecule has 2 saturated heterocycles. The van der Waals surface area contributed by atoms with Gasteiger partial charge in [0.25, 0.3) is 18.8 Å². The number of hydrogen-bond acceptors (Lipinski definition) is 15. The van der Waals surface area contributed by atoms with Crippen molar-refractivity contribution < 1.29 is 33.1 Å². The molecule has 0 bridgehead atoms. The van der Waals surface area contributed by atoms with E-state index in [2.05, 4.69) is 44.5 Å². The van der Waals surface area contributed by atoms with Crippen LogP contribution in [0.1, 0.15) is 69.5 Å². The van der Waals surface area contributed by atoms with E-state index in [1.165, 1.54) is 0 Å². The summed E-state index contributed by atoms with van der Waals surface area (Å²) in [5.74, 6) is 1.93. The van der Waals surface area contributed by atoms with Crippen molar-refractivity contribution in [3.8, 4) is 0 Å². The fraction of sp³-hybridized carbons (Fsp3) is 0.667. The number of carbonyl (C=O) groups is 2. The average molecular weight is 600 g/mol. The van der Waals surface area contributed by atoms with Gasteiger partial charge in [-0.2, -0.15) is 15.0 Å². The van der Waals surface area contributed by atoms with Crippen molar-refractivity contribution >= 4 is 35.9 Å². The molecule has 2 N–H and O–H groups in total. The van der Waals surface area contributed by atoms with Crippen LogP contribution < -0.4 is 10.6 Å². The van der Waals surface area contributed by atoms with Gasteiger partial charge in [0, 0.05) is 38.1 Å². The van der Waals surface area contributed by atoms with Gasteiger partial charge in [0.1, 0.15) is 0 Å². The van der Waals surface area contributed by atoms with Gasteiger partial charge < -0.3 is 34.1 Å². The van der Waals surface area contributed by atoms with Crippen LogP contribution >= 0.6 is 0 Å². The lowest BCUT2D eigenvalue weighted by atomic mass is 10.1. The van der Waals surface area contributed by atoms with Crippen molar-refractivity contribution in [2.45, 2.75) is 76.0 Å². The predicted octanol–water partition coefficient (Wildman–Crippen LogP) is 1.78. The molecule has 0 unspecified atom stereocenters. The zero-order chi connectivity index (χ0) is 29.8. The summed E-state index contributed by atoms with van der Waals surface area (Å²) in [5.41, 5.74) is 0.959. The Balaban J connectivity index is 1.33. The molecule has 1 aliphatic carbocycles. The first-order chi connectivity index (χ1) is 21.1. The molecule has 3 aromatic heterocycles. The van der Waals surface area contributed by atoms with Crippen molar-refractivity contribution in [3.63, 3.8) is 0 Å². The fourth-order valence-electron chi connectivity index (χ4n) is 5.47. The van der Waals surface area contributed by atoms with Crippen LogP contribution in [0.2, 0.25) is 0 Å². The number of aromatic nitrogens is 6. The Bertz CT molecular complexity index is 1390. The second-order valence-corrected chi connectivity index (χ2v) is 10.9. The Hall–Kier alpha value is -3.89. The topological polar surface area (TPSA) is 181 Å². The van der Waals surface area contributed by atoms with Crippen LogP contribution in [0, 0.1) is 0 Å². The molecule has 3 aliphatic rings. The van der Waals surface area contributed by atoms with Gasteiger partial charge in [-0.3, -0.25) is 19.1 Å². The van der Waals surface area contributed by atoms with E-state index in [1.807, 2.05) is 0 Å². The third-order valence-corrected chi connectivity index (χ3v) is 8.09. The molecule has 43 heavy (non-hydrogen) atoms. The van der Waals surface area contributed by atoms with Crippen LogP contribution in [0.15, 0.2) is 10.9 Å². The van der Waals surface area contributed by atoms with Gasteiger partial charge in [-0.05, 0) is 25.7 Å². The number of nitrogens with one attached hydrogen (secondary N) is 2. The second-order valence-electron chi connectivity index (χ2n) is 10.9. The Morgan fingerprint density at radius 2 is 1.84 bits per heavy atom. The van der Waals surface area contributed by atoms with Crippen LogP contribution in [-0.4, -0.2) is 105 Å². The van der Waals surface area contributed by atoms with Gasteiger partial charge >= 0.3 is 0 Å². The van der Waals surface area contributed by atoms with E-state index in [0.717, 1.165) is 58.5 Å². The molecule has 1 saturated carbocycles. The summed E-state index contributed by atoms with van der Waals surface area (Å²) in [6.07, 6.45) is 1.24. The highest BCUT2D eigenvalue weighted by Crippen LogP contribution is 2.44. The van der Waals surface area contributed by atoms with Gasteiger partial charge in [-0.15, -0.1) is 0 Å². The number of carbonyl (C=O) groups excluding carboxylic acids is 2. The van der Waals surface area contributed by atoms with Gasteiger partial charge in [-0.25, -0.2) is 4.98 Å². The monoisotopic (exact) mass is 599 g/mol. The summed E-state index contributed by atoms with van der Waals surface area (Å²) in [6.45, 7) is 9.40. The number of imidazole rings is 1. The largest absolute Gasteiger partial charge is 0.457 e. The SMILES string of the molecule is CCC(CC)Nc1nc(NCCN2CCOCC2)nc2c1ncn2[C@@H]1O[C@H](c2nc(C3CC3)no2)[C@@H](OC=O)[C@H]1OC=O. The lowest BCUT2D eigenvalue weighted by Crippen LogP contribution is -2.39. The zero-order valence-corrected chi connectivity index (χ0v) is 24.3. The molecule has 4 atom stereocenters. The van der Waals surface area contributed by atoms with E-state index in [-0.39, 0.29) is 24.3 Å². The van der Waals surface area contributed by atoms with Crippen molar-refractivity contribution in [1.82, 2.24) is 34.6 Å². The second kappa shape index (κ2) is 13.2. The van der Waals surface area contributed by atoms with Crippen molar-refractivity contribution in [3.05, 3.63) is 18.0 Å². The van der Waals surface area contributed by atoms with Crippen LogP contribution in [0.5, 0.6) is 0 Å². The van der Waals surface area contributed by atoms with Crippen molar-refractivity contribution in [1.29, 1.82) is 0 Å². The normalized spacial score (nSPS) is 24.3. The maximum Gasteiger partial charge on any atom is 0.293 e. The average Bonchev–Trinajstić information content (AvgIpc) is 3.44. The summed E-state index contributed by atoms with van der Waals surface area (Å²) in [4.78, 5) is 44.1. The molecule has 3 fully saturated rings. The highest BCUT2D eigenvalue weighted by atomic mass is 16.6. The maximum atomic E-state index is 11.6. The maximum absolute atomic E-state index is 11.6. The van der Waals surface area contributed by atoms with E-state index < -0.39 is 24.5 Å². The van der Waals surface area contributed by atoms with Crippen LogP contribution in [-0.2, 0) is 28.5 Å². The van der Waals surface area contributed by atoms with Crippen LogP contribution in [0.4, 0.5) is 11.8 Å². The first-order valence-corrected chi connectivity index (χ1v) is 14.9. The Morgan fingerprint density at radius 3 is 2.56 bits per heavy atom. The van der Waals surface area contributed by atoms with E-state index >= 15 is 0 Å². The van der Waals surface area contributed by atoms with Gasteiger partial charge in [0.2, 0.25) is 5.95 Å². The molecule has 0 aromatic carbocycles. The quantitative estimate of drug-likeness (QED) is 0.241. The molecule has 0 radical (unpaired) electrons. The molecule has 16 nitrogen and oxygen atoms in total. The summed E-state index contributed by atoms with van der Waals surface area (Å²) >= 11 is 0. The minimum Gasteiger partial charge on any atom is -0.457 e. The minimum absolute atomic E-state index is 0.136. The molecule has 232 valence electrons. The zero-order valence-electron chi connectivity index (χ0n) is 24.3. The van der Waals surface area contributed by atoms with E-state index in [1.54, 1.807) is 10.9 Å². The number of hydrogen-bond donors (Lipinski definition) is 2. The van der Waals surface area contributed by atoms with Gasteiger partial charge in [-0.1, -0.05) is 19.0 Å². The fourth-order valence-corrected chi connectivity index (χ4v) is 5.47. The standard InChI is InChI=1S/C27H37N9O7/c1-3-17(4-2)30-23-18-24(33-27(32-23)28-7-8-35-9-11-39-12-10-35)36(13-29-18)26-21(41-15-38)19(40-14-37)20(42-26)25-31-22(34-43-25)16-5-6-16/h13-17,19-21,26H,3-12H2,1-2H3,(H2,28,30,32,33)/t19-,20+,21-,26-/m1/s1. The molecule has 5 heterocycles. The number of fused-ring (bicyclic) bond motifs is 1. The first-order valence-electron chi connectivity index (χ1n) is 14.9. The van der Waals surface area contributed by atoms with E-state index in [9.17, 15) is 9.59 Å². The Kier molecular flexibility index (Phi) is 8.95. The van der Waals surface area contributed by atoms with Crippen LogP contribution in [0.25, 0.3) is 11.2 Å². The summed E-state index contributed by atoms with van der Waals surface area (Å²) in [6, 6.07) is 0.172. The summed E-state index contributed by atoms with van der Waals surface area (Å²) in [7, 11) is 0. The number of nitrogens with zero attached hydrogens (tertiary/aromatic N) is 7. The molecule has 6 rings (SSSR count). The summed E-state index contributed by atoms with van der Waals surface area (Å²) in [5, 5.41) is 10.9. The third-order valence-electron chi connectivity index (χ3n) is 8.09. The van der Waals surface area contributed by atoms with E-state index in [0.29, 0.717) is 41.8 Å². The van der Waals surface area contributed by atoms with Gasteiger partial charge in [0.15, 0.2) is 47.3 Å². The highest BCUT2D eigenvalue weighted by molar-refractivity contribution is 5.84. The lowest BCUT2D eigenvalue weighted by molar-refractivity contribution is -0.151. The molecule has 16 heteroatoms. The molecule has 2 aliphatic heterocycles. The van der Waals surface area contributed by atoms with Crippen LogP contribution in [0.3, 0.4) is 0 Å². The number of anilines is 2. The Labute approximate surface area is 247 Å². The number of morpholine rings is 1.